The monoisotopic (exact) mass is 388 g/mol. The van der Waals surface area contributed by atoms with E-state index in [4.69, 9.17) is 4.74 Å². The van der Waals surface area contributed by atoms with Gasteiger partial charge in [0, 0.05) is 17.8 Å². The van der Waals surface area contributed by atoms with Crippen molar-refractivity contribution in [3.8, 4) is 0 Å². The van der Waals surface area contributed by atoms with Crippen LogP contribution < -0.4 is 10.6 Å². The summed E-state index contributed by atoms with van der Waals surface area (Å²) < 4.78 is 18.8. The van der Waals surface area contributed by atoms with Gasteiger partial charge in [0.15, 0.2) is 0 Å². The van der Waals surface area contributed by atoms with Gasteiger partial charge in [-0.2, -0.15) is 0 Å². The molecule has 148 valence electrons. The Morgan fingerprint density at radius 1 is 1.00 bits per heavy atom. The molecule has 7 nitrogen and oxygen atoms in total. The number of amides is 2. The number of carbonyl (C=O) groups is 2. The topological polar surface area (TPSA) is 108 Å². The maximum atomic E-state index is 13.2. The van der Waals surface area contributed by atoms with E-state index in [1.807, 2.05) is 6.07 Å². The molecule has 0 aliphatic carbocycles. The maximum absolute atomic E-state index is 13.2. The predicted molar refractivity (Wildman–Crippen MR) is 99.1 cm³/mol. The van der Waals surface area contributed by atoms with Gasteiger partial charge in [0.25, 0.3) is 5.91 Å². The SMILES string of the molecule is O=C(C[C@@H]1O[C@H](CNC(=O)c2cccc(F)c2)[C@@H](O)[C@H]1O)Nc1ccccc1. The summed E-state index contributed by atoms with van der Waals surface area (Å²) in [6.45, 7) is -0.0929. The third-order valence-corrected chi connectivity index (χ3v) is 4.46. The molecule has 0 aromatic heterocycles. The smallest absolute Gasteiger partial charge is 0.251 e. The molecule has 4 atom stereocenters. The van der Waals surface area contributed by atoms with Crippen molar-refractivity contribution in [2.45, 2.75) is 30.8 Å². The van der Waals surface area contributed by atoms with E-state index in [1.165, 1.54) is 18.2 Å². The average molecular weight is 388 g/mol. The second kappa shape index (κ2) is 8.92. The van der Waals surface area contributed by atoms with E-state index in [1.54, 1.807) is 24.3 Å². The van der Waals surface area contributed by atoms with Crippen molar-refractivity contribution in [1.82, 2.24) is 5.32 Å². The van der Waals surface area contributed by atoms with E-state index in [-0.39, 0.29) is 24.4 Å². The van der Waals surface area contributed by atoms with Gasteiger partial charge in [-0.25, -0.2) is 4.39 Å². The van der Waals surface area contributed by atoms with Crippen LogP contribution in [0.25, 0.3) is 0 Å². The number of aliphatic hydroxyl groups excluding tert-OH is 2. The predicted octanol–water partition coefficient (Wildman–Crippen LogP) is 1.07. The van der Waals surface area contributed by atoms with Crippen molar-refractivity contribution in [3.05, 3.63) is 66.0 Å². The van der Waals surface area contributed by atoms with Gasteiger partial charge in [0.05, 0.1) is 12.5 Å². The number of rotatable bonds is 6. The minimum atomic E-state index is -1.27. The molecule has 0 unspecified atom stereocenters. The third kappa shape index (κ3) is 4.92. The zero-order valence-electron chi connectivity index (χ0n) is 14.9. The highest BCUT2D eigenvalue weighted by molar-refractivity contribution is 5.94. The van der Waals surface area contributed by atoms with Crippen molar-refractivity contribution in [1.29, 1.82) is 0 Å². The van der Waals surface area contributed by atoms with Crippen molar-refractivity contribution in [3.63, 3.8) is 0 Å². The number of aliphatic hydroxyl groups is 2. The fourth-order valence-corrected chi connectivity index (χ4v) is 3.00. The van der Waals surface area contributed by atoms with Crippen molar-refractivity contribution < 1.29 is 28.9 Å². The van der Waals surface area contributed by atoms with E-state index < -0.39 is 36.1 Å². The normalized spacial score (nSPS) is 24.0. The summed E-state index contributed by atoms with van der Waals surface area (Å²) in [6, 6.07) is 14.0. The van der Waals surface area contributed by atoms with Crippen LogP contribution in [0, 0.1) is 5.82 Å². The minimum absolute atomic E-state index is 0.0929. The summed E-state index contributed by atoms with van der Waals surface area (Å²) in [4.78, 5) is 24.2. The quantitative estimate of drug-likeness (QED) is 0.592. The number of hydrogen-bond donors (Lipinski definition) is 4. The van der Waals surface area contributed by atoms with Gasteiger partial charge in [0.1, 0.15) is 24.1 Å². The van der Waals surface area contributed by atoms with Crippen molar-refractivity contribution in [2.24, 2.45) is 0 Å². The fraction of sp³-hybridized carbons (Fsp3) is 0.300. The molecule has 4 N–H and O–H groups in total. The lowest BCUT2D eigenvalue weighted by Gasteiger charge is -2.15. The molecule has 1 aliphatic rings. The molecule has 0 saturated carbocycles. The first-order valence-electron chi connectivity index (χ1n) is 8.84. The summed E-state index contributed by atoms with van der Waals surface area (Å²) >= 11 is 0. The lowest BCUT2D eigenvalue weighted by atomic mass is 10.1. The lowest BCUT2D eigenvalue weighted by molar-refractivity contribution is -0.120. The van der Waals surface area contributed by atoms with Crippen LogP contribution in [-0.4, -0.2) is 53.0 Å². The summed E-state index contributed by atoms with van der Waals surface area (Å²) in [6.07, 6.45) is -4.47. The number of hydrogen-bond acceptors (Lipinski definition) is 5. The number of benzene rings is 2. The highest BCUT2D eigenvalue weighted by Gasteiger charge is 2.43. The lowest BCUT2D eigenvalue weighted by Crippen LogP contribution is -2.40. The van der Waals surface area contributed by atoms with E-state index in [0.717, 1.165) is 6.07 Å². The van der Waals surface area contributed by atoms with E-state index in [0.29, 0.717) is 5.69 Å². The molecule has 1 aliphatic heterocycles. The van der Waals surface area contributed by atoms with Crippen LogP contribution in [-0.2, 0) is 9.53 Å². The molecule has 28 heavy (non-hydrogen) atoms. The number of carbonyl (C=O) groups excluding carboxylic acids is 2. The highest BCUT2D eigenvalue weighted by Crippen LogP contribution is 2.24. The molecule has 2 aromatic carbocycles. The maximum Gasteiger partial charge on any atom is 0.251 e. The number of para-hydroxylation sites is 1. The zero-order chi connectivity index (χ0) is 20.1. The Labute approximate surface area is 161 Å². The molecule has 1 fully saturated rings. The van der Waals surface area contributed by atoms with Crippen LogP contribution in [0.1, 0.15) is 16.8 Å². The van der Waals surface area contributed by atoms with Crippen LogP contribution >= 0.6 is 0 Å². The van der Waals surface area contributed by atoms with Gasteiger partial charge in [-0.05, 0) is 30.3 Å². The van der Waals surface area contributed by atoms with Crippen LogP contribution in [0.4, 0.5) is 10.1 Å². The fourth-order valence-electron chi connectivity index (χ4n) is 3.00. The Morgan fingerprint density at radius 2 is 1.71 bits per heavy atom. The Balaban J connectivity index is 1.52. The largest absolute Gasteiger partial charge is 0.388 e. The summed E-state index contributed by atoms with van der Waals surface area (Å²) in [5, 5.41) is 25.5. The first-order chi connectivity index (χ1) is 13.4. The van der Waals surface area contributed by atoms with Gasteiger partial charge in [-0.15, -0.1) is 0 Å². The molecule has 1 heterocycles. The molecule has 2 aromatic rings. The van der Waals surface area contributed by atoms with Gasteiger partial charge in [-0.1, -0.05) is 24.3 Å². The van der Waals surface area contributed by atoms with E-state index in [9.17, 15) is 24.2 Å². The Hall–Kier alpha value is -2.81. The van der Waals surface area contributed by atoms with Crippen LogP contribution in [0.2, 0.25) is 0 Å². The standard InChI is InChI=1S/C20H21FN2O5/c21-13-6-4-5-12(9-13)20(27)22-11-16-19(26)18(25)15(28-16)10-17(24)23-14-7-2-1-3-8-14/h1-9,15-16,18-19,25-26H,10-11H2,(H,22,27)(H,23,24)/t15-,16+,18-,19+/m0/s1. The molecule has 0 bridgehead atoms. The van der Waals surface area contributed by atoms with Crippen molar-refractivity contribution in [2.75, 3.05) is 11.9 Å². The number of anilines is 1. The molecule has 1 saturated heterocycles. The Bertz CT molecular complexity index is 832. The van der Waals surface area contributed by atoms with Gasteiger partial charge in [0.2, 0.25) is 5.91 Å². The van der Waals surface area contributed by atoms with Crippen LogP contribution in [0.3, 0.4) is 0 Å². The minimum Gasteiger partial charge on any atom is -0.388 e. The Kier molecular flexibility index (Phi) is 6.35. The summed E-state index contributed by atoms with van der Waals surface area (Å²) in [7, 11) is 0. The zero-order valence-corrected chi connectivity index (χ0v) is 14.9. The van der Waals surface area contributed by atoms with E-state index in [2.05, 4.69) is 10.6 Å². The molecule has 8 heteroatoms. The Morgan fingerprint density at radius 3 is 2.43 bits per heavy atom. The van der Waals surface area contributed by atoms with Crippen LogP contribution in [0.5, 0.6) is 0 Å². The summed E-state index contributed by atoms with van der Waals surface area (Å²) in [5.74, 6) is -1.44. The molecular formula is C20H21FN2O5. The number of ether oxygens (including phenoxy) is 1. The first-order valence-corrected chi connectivity index (χ1v) is 8.84. The van der Waals surface area contributed by atoms with Gasteiger partial charge < -0.3 is 25.6 Å². The molecule has 3 rings (SSSR count). The molecule has 0 spiro atoms. The van der Waals surface area contributed by atoms with Gasteiger partial charge >= 0.3 is 0 Å². The van der Waals surface area contributed by atoms with E-state index >= 15 is 0 Å². The second-order valence-electron chi connectivity index (χ2n) is 6.53. The summed E-state index contributed by atoms with van der Waals surface area (Å²) in [5.41, 5.74) is 0.742. The molecule has 0 radical (unpaired) electrons. The molecular weight excluding hydrogens is 367 g/mol. The highest BCUT2D eigenvalue weighted by atomic mass is 19.1. The average Bonchev–Trinajstić information content (AvgIpc) is 2.94. The first kappa shape index (κ1) is 19.9. The molecule has 2 amide bonds. The number of nitrogens with one attached hydrogen (secondary N) is 2. The van der Waals surface area contributed by atoms with Gasteiger partial charge in [-0.3, -0.25) is 9.59 Å². The van der Waals surface area contributed by atoms with Crippen molar-refractivity contribution >= 4 is 17.5 Å². The van der Waals surface area contributed by atoms with Crippen LogP contribution in [0.15, 0.2) is 54.6 Å². The second-order valence-corrected chi connectivity index (χ2v) is 6.53. The number of halogens is 1. The third-order valence-electron chi connectivity index (χ3n) is 4.46.